The molecule has 4 rings (SSSR count). The van der Waals surface area contributed by atoms with E-state index in [4.69, 9.17) is 0 Å². The number of amides is 1. The second kappa shape index (κ2) is 6.17. The molecule has 3 heterocycles. The van der Waals surface area contributed by atoms with Crippen LogP contribution in [0, 0.1) is 0 Å². The van der Waals surface area contributed by atoms with Gasteiger partial charge in [-0.25, -0.2) is 4.98 Å². The number of fused-ring (bicyclic) bond motifs is 1. The Labute approximate surface area is 142 Å². The largest absolute Gasteiger partial charge is 0.322 e. The summed E-state index contributed by atoms with van der Waals surface area (Å²) >= 11 is 1.52. The predicted molar refractivity (Wildman–Crippen MR) is 95.0 cm³/mol. The highest BCUT2D eigenvalue weighted by atomic mass is 32.1. The molecular formula is C18H12N4OS. The molecule has 0 spiro atoms. The van der Waals surface area contributed by atoms with Crippen molar-refractivity contribution in [3.63, 3.8) is 0 Å². The summed E-state index contributed by atoms with van der Waals surface area (Å²) in [6.45, 7) is 0. The maximum absolute atomic E-state index is 12.6. The van der Waals surface area contributed by atoms with Crippen LogP contribution in [0.15, 0.2) is 67.1 Å². The fourth-order valence-electron chi connectivity index (χ4n) is 2.37. The number of thiazole rings is 1. The minimum absolute atomic E-state index is 0.219. The van der Waals surface area contributed by atoms with Crippen molar-refractivity contribution < 1.29 is 4.79 Å². The van der Waals surface area contributed by atoms with Crippen molar-refractivity contribution >= 4 is 33.1 Å². The second-order valence-corrected chi connectivity index (χ2v) is 6.11. The van der Waals surface area contributed by atoms with Crippen molar-refractivity contribution in [2.75, 3.05) is 5.32 Å². The summed E-state index contributed by atoms with van der Waals surface area (Å²) in [5.41, 5.74) is 2.68. The van der Waals surface area contributed by atoms with Crippen molar-refractivity contribution in [1.29, 1.82) is 0 Å². The first-order chi connectivity index (χ1) is 11.8. The molecule has 116 valence electrons. The molecule has 0 aliphatic carbocycles. The fourth-order valence-corrected chi connectivity index (χ4v) is 3.34. The highest BCUT2D eigenvalue weighted by Crippen LogP contribution is 2.30. The molecule has 0 unspecified atom stereocenters. The smallest absolute Gasteiger partial charge is 0.257 e. The monoisotopic (exact) mass is 332 g/mol. The lowest BCUT2D eigenvalue weighted by molar-refractivity contribution is 0.102. The molecule has 1 aromatic carbocycles. The molecule has 0 aliphatic heterocycles. The molecule has 0 radical (unpaired) electrons. The van der Waals surface area contributed by atoms with Gasteiger partial charge in [-0.3, -0.25) is 14.8 Å². The van der Waals surface area contributed by atoms with Gasteiger partial charge in [0.15, 0.2) is 0 Å². The van der Waals surface area contributed by atoms with E-state index < -0.39 is 0 Å². The van der Waals surface area contributed by atoms with Gasteiger partial charge >= 0.3 is 0 Å². The molecule has 0 saturated carbocycles. The third kappa shape index (κ3) is 2.75. The third-order valence-electron chi connectivity index (χ3n) is 3.49. The Morgan fingerprint density at radius 2 is 1.79 bits per heavy atom. The number of aromatic nitrogens is 3. The SMILES string of the molecule is O=C(Nc1ccncc1)c1cccnc1-c1nc2ccccc2s1. The summed E-state index contributed by atoms with van der Waals surface area (Å²) in [5.74, 6) is -0.219. The van der Waals surface area contributed by atoms with Gasteiger partial charge in [0.05, 0.1) is 15.8 Å². The average molecular weight is 332 g/mol. The van der Waals surface area contributed by atoms with Gasteiger partial charge in [-0.15, -0.1) is 11.3 Å². The number of hydrogen-bond acceptors (Lipinski definition) is 5. The summed E-state index contributed by atoms with van der Waals surface area (Å²) in [7, 11) is 0. The number of carbonyl (C=O) groups is 1. The molecular weight excluding hydrogens is 320 g/mol. The number of hydrogen-bond donors (Lipinski definition) is 1. The zero-order chi connectivity index (χ0) is 16.4. The average Bonchev–Trinajstić information content (AvgIpc) is 3.06. The first kappa shape index (κ1) is 14.5. The lowest BCUT2D eigenvalue weighted by atomic mass is 10.2. The van der Waals surface area contributed by atoms with Crippen LogP contribution >= 0.6 is 11.3 Å². The predicted octanol–water partition coefficient (Wildman–Crippen LogP) is 4.01. The van der Waals surface area contributed by atoms with E-state index in [2.05, 4.69) is 20.3 Å². The zero-order valence-corrected chi connectivity index (χ0v) is 13.3. The first-order valence-corrected chi connectivity index (χ1v) is 8.15. The molecule has 1 amide bonds. The number of nitrogens with zero attached hydrogens (tertiary/aromatic N) is 3. The minimum Gasteiger partial charge on any atom is -0.322 e. The van der Waals surface area contributed by atoms with Crippen LogP contribution in [-0.4, -0.2) is 20.9 Å². The Morgan fingerprint density at radius 3 is 2.62 bits per heavy atom. The number of carbonyl (C=O) groups excluding carboxylic acids is 1. The standard InChI is InChI=1S/C18H12N4OS/c23-17(21-12-7-10-19-11-8-12)13-4-3-9-20-16(13)18-22-14-5-1-2-6-15(14)24-18/h1-11H,(H,19,21,23). The maximum atomic E-state index is 12.6. The molecule has 0 saturated heterocycles. The molecule has 24 heavy (non-hydrogen) atoms. The van der Waals surface area contributed by atoms with Crippen LogP contribution in [0.4, 0.5) is 5.69 Å². The summed E-state index contributed by atoms with van der Waals surface area (Å²) in [5, 5.41) is 3.59. The Balaban J connectivity index is 1.73. The Morgan fingerprint density at radius 1 is 0.958 bits per heavy atom. The second-order valence-electron chi connectivity index (χ2n) is 5.08. The molecule has 0 aliphatic rings. The van der Waals surface area contributed by atoms with E-state index in [0.717, 1.165) is 15.2 Å². The van der Waals surface area contributed by atoms with Crippen molar-refractivity contribution in [2.24, 2.45) is 0 Å². The van der Waals surface area contributed by atoms with Gasteiger partial charge in [0.25, 0.3) is 5.91 Å². The third-order valence-corrected chi connectivity index (χ3v) is 4.53. The maximum Gasteiger partial charge on any atom is 0.257 e. The molecule has 6 heteroatoms. The van der Waals surface area contributed by atoms with Gasteiger partial charge in [0.1, 0.15) is 10.7 Å². The van der Waals surface area contributed by atoms with Crippen LogP contribution in [0.25, 0.3) is 20.9 Å². The molecule has 3 aromatic heterocycles. The first-order valence-electron chi connectivity index (χ1n) is 7.33. The highest BCUT2D eigenvalue weighted by Gasteiger charge is 2.17. The topological polar surface area (TPSA) is 67.8 Å². The van der Waals surface area contributed by atoms with E-state index in [-0.39, 0.29) is 5.91 Å². The molecule has 0 bridgehead atoms. The van der Waals surface area contributed by atoms with E-state index in [1.54, 1.807) is 42.9 Å². The number of benzene rings is 1. The summed E-state index contributed by atoms with van der Waals surface area (Å²) in [4.78, 5) is 25.6. The number of para-hydroxylation sites is 1. The van der Waals surface area contributed by atoms with Crippen LogP contribution in [-0.2, 0) is 0 Å². The molecule has 0 atom stereocenters. The van der Waals surface area contributed by atoms with E-state index in [1.807, 2.05) is 24.3 Å². The van der Waals surface area contributed by atoms with Crippen molar-refractivity contribution in [3.8, 4) is 10.7 Å². The highest BCUT2D eigenvalue weighted by molar-refractivity contribution is 7.21. The number of nitrogens with one attached hydrogen (secondary N) is 1. The van der Waals surface area contributed by atoms with Crippen molar-refractivity contribution in [1.82, 2.24) is 15.0 Å². The van der Waals surface area contributed by atoms with Gasteiger partial charge in [-0.1, -0.05) is 12.1 Å². The van der Waals surface area contributed by atoms with Crippen LogP contribution < -0.4 is 5.32 Å². The Bertz CT molecular complexity index is 981. The number of anilines is 1. The number of pyridine rings is 2. The van der Waals surface area contributed by atoms with Gasteiger partial charge in [0.2, 0.25) is 0 Å². The van der Waals surface area contributed by atoms with Gasteiger partial charge in [-0.2, -0.15) is 0 Å². The van der Waals surface area contributed by atoms with Gasteiger partial charge in [-0.05, 0) is 36.4 Å². The Kier molecular flexibility index (Phi) is 3.72. The molecule has 0 fully saturated rings. The van der Waals surface area contributed by atoms with Crippen LogP contribution in [0.5, 0.6) is 0 Å². The van der Waals surface area contributed by atoms with Gasteiger partial charge < -0.3 is 5.32 Å². The normalized spacial score (nSPS) is 10.7. The zero-order valence-electron chi connectivity index (χ0n) is 12.5. The lowest BCUT2D eigenvalue weighted by Crippen LogP contribution is -2.13. The van der Waals surface area contributed by atoms with E-state index in [1.165, 1.54) is 11.3 Å². The van der Waals surface area contributed by atoms with Crippen LogP contribution in [0.3, 0.4) is 0 Å². The Hall–Kier alpha value is -3.12. The summed E-state index contributed by atoms with van der Waals surface area (Å²) in [6.07, 6.45) is 4.94. The lowest BCUT2D eigenvalue weighted by Gasteiger charge is -2.07. The minimum atomic E-state index is -0.219. The van der Waals surface area contributed by atoms with E-state index in [0.29, 0.717) is 16.9 Å². The molecule has 5 nitrogen and oxygen atoms in total. The summed E-state index contributed by atoms with van der Waals surface area (Å²) < 4.78 is 1.07. The van der Waals surface area contributed by atoms with E-state index >= 15 is 0 Å². The number of rotatable bonds is 3. The van der Waals surface area contributed by atoms with E-state index in [9.17, 15) is 4.79 Å². The van der Waals surface area contributed by atoms with Crippen molar-refractivity contribution in [3.05, 3.63) is 72.7 Å². The summed E-state index contributed by atoms with van der Waals surface area (Å²) in [6, 6.07) is 14.9. The van der Waals surface area contributed by atoms with Gasteiger partial charge in [0, 0.05) is 24.3 Å². The molecule has 4 aromatic rings. The van der Waals surface area contributed by atoms with Crippen LogP contribution in [0.1, 0.15) is 10.4 Å². The molecule has 1 N–H and O–H groups in total. The van der Waals surface area contributed by atoms with Crippen LogP contribution in [0.2, 0.25) is 0 Å². The van der Waals surface area contributed by atoms with Crippen molar-refractivity contribution in [2.45, 2.75) is 0 Å². The quantitative estimate of drug-likeness (QED) is 0.615. The fraction of sp³-hybridized carbons (Fsp3) is 0.